The van der Waals surface area contributed by atoms with E-state index in [-0.39, 0.29) is 16.7 Å². The highest BCUT2D eigenvalue weighted by molar-refractivity contribution is 5.63. The molecule has 1 rings (SSSR count). The lowest BCUT2D eigenvalue weighted by molar-refractivity contribution is -0.384. The summed E-state index contributed by atoms with van der Waals surface area (Å²) in [5, 5.41) is 17.3. The van der Waals surface area contributed by atoms with Crippen molar-refractivity contribution >= 4 is 17.1 Å². The molecule has 20 heavy (non-hydrogen) atoms. The van der Waals surface area contributed by atoms with Crippen molar-refractivity contribution in [1.29, 1.82) is 0 Å². The smallest absolute Gasteiger partial charge is 0.273 e. The second-order valence-corrected chi connectivity index (χ2v) is 4.60. The van der Waals surface area contributed by atoms with E-state index in [4.69, 9.17) is 4.74 Å². The second-order valence-electron chi connectivity index (χ2n) is 4.60. The van der Waals surface area contributed by atoms with E-state index in [9.17, 15) is 10.1 Å². The normalized spacial score (nSPS) is 11.9. The van der Waals surface area contributed by atoms with Crippen molar-refractivity contribution in [3.8, 4) is 0 Å². The Bertz CT molecular complexity index is 438. The van der Waals surface area contributed by atoms with E-state index in [0.717, 1.165) is 24.3 Å². The topological polar surface area (TPSA) is 76.4 Å². The molecule has 6 heteroatoms. The molecular weight excluding hydrogens is 258 g/mol. The van der Waals surface area contributed by atoms with Crippen LogP contribution in [0.25, 0.3) is 0 Å². The number of hydrogen-bond donors (Lipinski definition) is 2. The zero-order valence-electron chi connectivity index (χ0n) is 12.3. The molecule has 1 aromatic rings. The lowest BCUT2D eigenvalue weighted by atomic mass is 10.2. The zero-order chi connectivity index (χ0) is 15.0. The molecular formula is C14H23N3O3. The van der Waals surface area contributed by atoms with Crippen molar-refractivity contribution in [1.82, 2.24) is 0 Å². The van der Waals surface area contributed by atoms with Gasteiger partial charge in [0.05, 0.1) is 11.0 Å². The third-order valence-electron chi connectivity index (χ3n) is 2.75. The number of rotatable bonds is 9. The summed E-state index contributed by atoms with van der Waals surface area (Å²) in [6, 6.07) is 4.96. The average Bonchev–Trinajstić information content (AvgIpc) is 2.43. The third-order valence-corrected chi connectivity index (χ3v) is 2.75. The number of anilines is 2. The van der Waals surface area contributed by atoms with Gasteiger partial charge in [0.25, 0.3) is 5.69 Å². The summed E-state index contributed by atoms with van der Waals surface area (Å²) in [4.78, 5) is 10.6. The van der Waals surface area contributed by atoms with Gasteiger partial charge in [0.2, 0.25) is 0 Å². The van der Waals surface area contributed by atoms with Gasteiger partial charge in [-0.05, 0) is 26.3 Å². The maximum absolute atomic E-state index is 10.9. The van der Waals surface area contributed by atoms with Gasteiger partial charge < -0.3 is 15.4 Å². The van der Waals surface area contributed by atoms with Crippen LogP contribution in [0.2, 0.25) is 0 Å². The van der Waals surface area contributed by atoms with Crippen LogP contribution in [0.3, 0.4) is 0 Å². The van der Waals surface area contributed by atoms with Crippen LogP contribution in [-0.2, 0) is 4.74 Å². The number of hydrogen-bond acceptors (Lipinski definition) is 5. The molecule has 0 fully saturated rings. The Kier molecular flexibility index (Phi) is 6.79. The first kappa shape index (κ1) is 16.2. The first-order chi connectivity index (χ1) is 9.56. The maximum Gasteiger partial charge on any atom is 0.273 e. The van der Waals surface area contributed by atoms with Crippen LogP contribution < -0.4 is 10.6 Å². The predicted octanol–water partition coefficient (Wildman–Crippen LogP) is 3.25. The third kappa shape index (κ3) is 5.44. The van der Waals surface area contributed by atoms with E-state index in [2.05, 4.69) is 10.6 Å². The SMILES string of the molecule is CCCNc1cc(NCC(C)OCC)cc([N+](=O)[O-])c1. The van der Waals surface area contributed by atoms with Crippen LogP contribution in [0.4, 0.5) is 17.1 Å². The lowest BCUT2D eigenvalue weighted by Gasteiger charge is -2.14. The van der Waals surface area contributed by atoms with E-state index >= 15 is 0 Å². The molecule has 0 spiro atoms. The number of ether oxygens (including phenoxy) is 1. The standard InChI is InChI=1S/C14H23N3O3/c1-4-6-15-12-7-13(9-14(8-12)17(18)19)16-10-11(3)20-5-2/h7-9,11,15-16H,4-6,10H2,1-3H3. The Morgan fingerprint density at radius 3 is 2.45 bits per heavy atom. The summed E-state index contributed by atoms with van der Waals surface area (Å²) >= 11 is 0. The van der Waals surface area contributed by atoms with Crippen LogP contribution in [0.5, 0.6) is 0 Å². The maximum atomic E-state index is 10.9. The fourth-order valence-electron chi connectivity index (χ4n) is 1.80. The van der Waals surface area contributed by atoms with Gasteiger partial charge >= 0.3 is 0 Å². The van der Waals surface area contributed by atoms with Gasteiger partial charge in [-0.25, -0.2) is 0 Å². The largest absolute Gasteiger partial charge is 0.385 e. The van der Waals surface area contributed by atoms with Crippen LogP contribution in [0.1, 0.15) is 27.2 Å². The van der Waals surface area contributed by atoms with E-state index in [1.807, 2.05) is 26.8 Å². The Morgan fingerprint density at radius 2 is 1.90 bits per heavy atom. The molecule has 6 nitrogen and oxygen atoms in total. The van der Waals surface area contributed by atoms with Gasteiger partial charge in [0, 0.05) is 43.2 Å². The summed E-state index contributed by atoms with van der Waals surface area (Å²) in [7, 11) is 0. The van der Waals surface area contributed by atoms with Crippen LogP contribution in [0.15, 0.2) is 18.2 Å². The van der Waals surface area contributed by atoms with Gasteiger partial charge in [-0.2, -0.15) is 0 Å². The van der Waals surface area contributed by atoms with Crippen molar-refractivity contribution in [3.05, 3.63) is 28.3 Å². The van der Waals surface area contributed by atoms with Crippen molar-refractivity contribution in [2.24, 2.45) is 0 Å². The Balaban J connectivity index is 2.77. The van der Waals surface area contributed by atoms with Crippen LogP contribution in [0, 0.1) is 10.1 Å². The molecule has 112 valence electrons. The number of nitro benzene ring substituents is 1. The number of non-ortho nitro benzene ring substituents is 1. The molecule has 0 aliphatic heterocycles. The Hall–Kier alpha value is -1.82. The fraction of sp³-hybridized carbons (Fsp3) is 0.571. The van der Waals surface area contributed by atoms with Gasteiger partial charge in [-0.1, -0.05) is 6.92 Å². The van der Waals surface area contributed by atoms with Gasteiger partial charge in [-0.3, -0.25) is 10.1 Å². The molecule has 0 aliphatic carbocycles. The summed E-state index contributed by atoms with van der Waals surface area (Å²) < 4.78 is 5.42. The number of nitrogens with zero attached hydrogens (tertiary/aromatic N) is 1. The summed E-state index contributed by atoms with van der Waals surface area (Å²) in [6.07, 6.45) is 1.03. The predicted molar refractivity (Wildman–Crippen MR) is 81.5 cm³/mol. The van der Waals surface area contributed by atoms with Crippen molar-refractivity contribution < 1.29 is 9.66 Å². The van der Waals surface area contributed by atoms with Crippen molar-refractivity contribution in [3.63, 3.8) is 0 Å². The molecule has 1 unspecified atom stereocenters. The molecule has 0 radical (unpaired) electrons. The van der Waals surface area contributed by atoms with E-state index in [0.29, 0.717) is 13.2 Å². The Labute approximate surface area is 119 Å². The molecule has 0 saturated heterocycles. The highest BCUT2D eigenvalue weighted by Crippen LogP contribution is 2.24. The first-order valence-electron chi connectivity index (χ1n) is 6.95. The molecule has 2 N–H and O–H groups in total. The molecule has 0 aliphatic rings. The Morgan fingerprint density at radius 1 is 1.25 bits per heavy atom. The van der Waals surface area contributed by atoms with Crippen molar-refractivity contribution in [2.75, 3.05) is 30.3 Å². The molecule has 0 amide bonds. The highest BCUT2D eigenvalue weighted by Gasteiger charge is 2.10. The summed E-state index contributed by atoms with van der Waals surface area (Å²) in [5.41, 5.74) is 1.56. The number of nitro groups is 1. The van der Waals surface area contributed by atoms with E-state index in [1.165, 1.54) is 6.07 Å². The van der Waals surface area contributed by atoms with Crippen LogP contribution >= 0.6 is 0 Å². The molecule has 0 saturated carbocycles. The fourth-order valence-corrected chi connectivity index (χ4v) is 1.80. The van der Waals surface area contributed by atoms with Crippen LogP contribution in [-0.4, -0.2) is 30.7 Å². The quantitative estimate of drug-likeness (QED) is 0.536. The summed E-state index contributed by atoms with van der Waals surface area (Å²) in [5.74, 6) is 0. The minimum absolute atomic E-state index is 0.0614. The van der Waals surface area contributed by atoms with E-state index in [1.54, 1.807) is 6.07 Å². The molecule has 0 aromatic heterocycles. The average molecular weight is 281 g/mol. The number of benzene rings is 1. The summed E-state index contributed by atoms with van der Waals surface area (Å²) in [6.45, 7) is 8.01. The van der Waals surface area contributed by atoms with Gasteiger partial charge in [0.1, 0.15) is 0 Å². The first-order valence-corrected chi connectivity index (χ1v) is 6.95. The molecule has 1 aromatic carbocycles. The van der Waals surface area contributed by atoms with Gasteiger partial charge in [-0.15, -0.1) is 0 Å². The molecule has 1 atom stereocenters. The monoisotopic (exact) mass is 281 g/mol. The minimum Gasteiger partial charge on any atom is -0.385 e. The zero-order valence-corrected chi connectivity index (χ0v) is 12.3. The van der Waals surface area contributed by atoms with Gasteiger partial charge in [0.15, 0.2) is 0 Å². The second kappa shape index (κ2) is 8.37. The van der Waals surface area contributed by atoms with E-state index < -0.39 is 0 Å². The molecule has 0 heterocycles. The highest BCUT2D eigenvalue weighted by atomic mass is 16.6. The minimum atomic E-state index is -0.381. The number of nitrogens with one attached hydrogen (secondary N) is 2. The van der Waals surface area contributed by atoms with Crippen molar-refractivity contribution in [2.45, 2.75) is 33.3 Å². The lowest BCUT2D eigenvalue weighted by Crippen LogP contribution is -2.19. The molecule has 0 bridgehead atoms.